The number of carbonyl (C=O) groups excluding carboxylic acids is 1. The molecule has 170 valence electrons. The Balaban J connectivity index is 2.09. The predicted molar refractivity (Wildman–Crippen MR) is 133 cm³/mol. The zero-order valence-electron chi connectivity index (χ0n) is 19.0. The van der Waals surface area contributed by atoms with E-state index in [1.54, 1.807) is 25.3 Å². The molecule has 0 fully saturated rings. The minimum atomic E-state index is -0.458. The largest absolute Gasteiger partial charge is 0.493 e. The lowest BCUT2D eigenvalue weighted by Crippen LogP contribution is -2.14. The van der Waals surface area contributed by atoms with E-state index < -0.39 is 5.91 Å². The van der Waals surface area contributed by atoms with Crippen LogP contribution in [0.1, 0.15) is 56.6 Å². The van der Waals surface area contributed by atoms with E-state index in [1.807, 2.05) is 37.3 Å². The molecule has 1 N–H and O–H groups in total. The summed E-state index contributed by atoms with van der Waals surface area (Å²) in [6, 6.07) is 13.0. The van der Waals surface area contributed by atoms with Gasteiger partial charge in [-0.2, -0.15) is 5.26 Å². The number of nitrogens with zero attached hydrogens (tertiary/aromatic N) is 1. The van der Waals surface area contributed by atoms with E-state index in [0.29, 0.717) is 33.8 Å². The number of nitriles is 1. The van der Waals surface area contributed by atoms with E-state index in [4.69, 9.17) is 9.47 Å². The molecule has 5 nitrogen and oxygen atoms in total. The Hall–Kier alpha value is -2.78. The van der Waals surface area contributed by atoms with Crippen LogP contribution in [0, 0.1) is 18.3 Å². The molecule has 0 saturated carbocycles. The topological polar surface area (TPSA) is 71.3 Å². The molecular weight excluding hydrogens is 468 g/mol. The number of hydrogen-bond donors (Lipinski definition) is 1. The average Bonchev–Trinajstić information content (AvgIpc) is 2.79. The minimum Gasteiger partial charge on any atom is -0.493 e. The van der Waals surface area contributed by atoms with Crippen molar-refractivity contribution in [3.63, 3.8) is 0 Å². The number of benzene rings is 2. The van der Waals surface area contributed by atoms with Crippen LogP contribution in [0.5, 0.6) is 11.5 Å². The van der Waals surface area contributed by atoms with Gasteiger partial charge in [0.2, 0.25) is 0 Å². The number of aryl methyl sites for hydroxylation is 1. The number of ether oxygens (including phenoxy) is 2. The fraction of sp³-hybridized carbons (Fsp3) is 0.385. The molecule has 0 aliphatic carbocycles. The molecule has 2 rings (SSSR count). The van der Waals surface area contributed by atoms with Crippen LogP contribution < -0.4 is 14.8 Å². The van der Waals surface area contributed by atoms with E-state index in [1.165, 1.54) is 25.7 Å². The summed E-state index contributed by atoms with van der Waals surface area (Å²) >= 11 is 3.54. The Labute approximate surface area is 199 Å². The van der Waals surface area contributed by atoms with Crippen molar-refractivity contribution in [2.24, 2.45) is 0 Å². The first-order valence-electron chi connectivity index (χ1n) is 11.0. The number of para-hydroxylation sites is 1. The normalized spacial score (nSPS) is 11.0. The maximum Gasteiger partial charge on any atom is 0.266 e. The molecular formula is C26H31BrN2O3. The van der Waals surface area contributed by atoms with Crippen LogP contribution in [0.4, 0.5) is 5.69 Å². The van der Waals surface area contributed by atoms with Gasteiger partial charge in [-0.3, -0.25) is 4.79 Å². The van der Waals surface area contributed by atoms with Gasteiger partial charge in [0.05, 0.1) is 18.2 Å². The molecule has 0 aliphatic heterocycles. The molecule has 32 heavy (non-hydrogen) atoms. The Kier molecular flexibility index (Phi) is 10.8. The van der Waals surface area contributed by atoms with Crippen LogP contribution in [-0.4, -0.2) is 19.6 Å². The summed E-state index contributed by atoms with van der Waals surface area (Å²) in [6.07, 6.45) is 8.68. The lowest BCUT2D eigenvalue weighted by molar-refractivity contribution is -0.112. The van der Waals surface area contributed by atoms with Crippen molar-refractivity contribution in [1.29, 1.82) is 5.26 Å². The van der Waals surface area contributed by atoms with E-state index >= 15 is 0 Å². The van der Waals surface area contributed by atoms with Crippen LogP contribution in [0.2, 0.25) is 0 Å². The van der Waals surface area contributed by atoms with Crippen molar-refractivity contribution in [1.82, 2.24) is 0 Å². The Morgan fingerprint density at radius 1 is 1.16 bits per heavy atom. The first-order valence-corrected chi connectivity index (χ1v) is 11.8. The van der Waals surface area contributed by atoms with Crippen molar-refractivity contribution < 1.29 is 14.3 Å². The minimum absolute atomic E-state index is 0.00273. The quantitative estimate of drug-likeness (QED) is 0.193. The van der Waals surface area contributed by atoms with Crippen molar-refractivity contribution >= 4 is 33.6 Å². The number of amides is 1. The molecule has 6 heteroatoms. The van der Waals surface area contributed by atoms with E-state index in [2.05, 4.69) is 28.2 Å². The molecule has 0 heterocycles. The zero-order valence-corrected chi connectivity index (χ0v) is 20.6. The highest BCUT2D eigenvalue weighted by atomic mass is 79.9. The van der Waals surface area contributed by atoms with Crippen LogP contribution >= 0.6 is 15.9 Å². The number of nitrogens with one attached hydrogen (secondary N) is 1. The van der Waals surface area contributed by atoms with Gasteiger partial charge in [-0.15, -0.1) is 0 Å². The van der Waals surface area contributed by atoms with Gasteiger partial charge >= 0.3 is 0 Å². The molecule has 2 aromatic rings. The molecule has 0 saturated heterocycles. The molecule has 0 aromatic heterocycles. The van der Waals surface area contributed by atoms with E-state index in [-0.39, 0.29) is 5.57 Å². The number of rotatable bonds is 12. The van der Waals surface area contributed by atoms with Gasteiger partial charge in [-0.1, -0.05) is 57.2 Å². The van der Waals surface area contributed by atoms with Gasteiger partial charge in [0.25, 0.3) is 5.91 Å². The van der Waals surface area contributed by atoms with Gasteiger partial charge in [-0.05, 0) is 64.7 Å². The lowest BCUT2D eigenvalue weighted by Gasteiger charge is -2.14. The smallest absolute Gasteiger partial charge is 0.266 e. The fourth-order valence-electron chi connectivity index (χ4n) is 3.24. The second-order valence-corrected chi connectivity index (χ2v) is 8.44. The second-order valence-electron chi connectivity index (χ2n) is 7.59. The van der Waals surface area contributed by atoms with Gasteiger partial charge in [0.1, 0.15) is 11.6 Å². The molecule has 0 spiro atoms. The third-order valence-electron chi connectivity index (χ3n) is 5.07. The summed E-state index contributed by atoms with van der Waals surface area (Å²) in [5.74, 6) is 0.717. The molecule has 1 amide bonds. The molecule has 0 unspecified atom stereocenters. The molecule has 0 radical (unpaired) electrons. The highest BCUT2D eigenvalue weighted by Gasteiger charge is 2.14. The highest BCUT2D eigenvalue weighted by molar-refractivity contribution is 9.10. The summed E-state index contributed by atoms with van der Waals surface area (Å²) in [6.45, 7) is 4.72. The van der Waals surface area contributed by atoms with Gasteiger partial charge in [0, 0.05) is 5.69 Å². The second kappa shape index (κ2) is 13.6. The molecule has 0 aliphatic rings. The molecule has 0 bridgehead atoms. The summed E-state index contributed by atoms with van der Waals surface area (Å²) in [5, 5.41) is 12.3. The standard InChI is InChI=1S/C26H31BrN2O3/c1-4-5-6-7-8-11-14-32-25-22(27)16-20(17-24(25)31-3)15-21(18-28)26(30)29-23-13-10-9-12-19(23)2/h9-10,12-13,15-17H,4-8,11,14H2,1-3H3,(H,29,30)/b21-15-. The number of unbranched alkanes of at least 4 members (excludes halogenated alkanes) is 5. The third kappa shape index (κ3) is 7.72. The Bertz CT molecular complexity index is 980. The van der Waals surface area contributed by atoms with Crippen molar-refractivity contribution in [2.75, 3.05) is 19.0 Å². The van der Waals surface area contributed by atoms with Crippen LogP contribution in [0.25, 0.3) is 6.08 Å². The van der Waals surface area contributed by atoms with Crippen molar-refractivity contribution in [3.8, 4) is 17.6 Å². The third-order valence-corrected chi connectivity index (χ3v) is 5.65. The first kappa shape index (κ1) is 25.5. The zero-order chi connectivity index (χ0) is 23.3. The summed E-state index contributed by atoms with van der Waals surface area (Å²) < 4.78 is 12.2. The summed E-state index contributed by atoms with van der Waals surface area (Å²) in [5.41, 5.74) is 2.27. The van der Waals surface area contributed by atoms with E-state index in [0.717, 1.165) is 18.4 Å². The fourth-order valence-corrected chi connectivity index (χ4v) is 3.81. The van der Waals surface area contributed by atoms with Crippen LogP contribution in [0.3, 0.4) is 0 Å². The monoisotopic (exact) mass is 498 g/mol. The van der Waals surface area contributed by atoms with Gasteiger partial charge in [-0.25, -0.2) is 0 Å². The first-order chi connectivity index (χ1) is 15.5. The van der Waals surface area contributed by atoms with Crippen molar-refractivity contribution in [2.45, 2.75) is 52.4 Å². The maximum atomic E-state index is 12.6. The van der Waals surface area contributed by atoms with E-state index in [9.17, 15) is 10.1 Å². The van der Waals surface area contributed by atoms with Crippen molar-refractivity contribution in [3.05, 3.63) is 57.6 Å². The number of halogens is 1. The number of anilines is 1. The molecule has 0 atom stereocenters. The average molecular weight is 499 g/mol. The highest BCUT2D eigenvalue weighted by Crippen LogP contribution is 2.37. The van der Waals surface area contributed by atoms with Crippen LogP contribution in [-0.2, 0) is 4.79 Å². The number of hydrogen-bond acceptors (Lipinski definition) is 4. The maximum absolute atomic E-state index is 12.6. The number of methoxy groups -OCH3 is 1. The molecule has 2 aromatic carbocycles. The Morgan fingerprint density at radius 2 is 1.88 bits per heavy atom. The van der Waals surface area contributed by atoms with Gasteiger partial charge < -0.3 is 14.8 Å². The SMILES string of the molecule is CCCCCCCCOc1c(Br)cc(/C=C(/C#N)C(=O)Nc2ccccc2C)cc1OC. The predicted octanol–water partition coefficient (Wildman–Crippen LogP) is 7.05. The summed E-state index contributed by atoms with van der Waals surface area (Å²) in [4.78, 5) is 12.6. The van der Waals surface area contributed by atoms with Gasteiger partial charge in [0.15, 0.2) is 11.5 Å². The van der Waals surface area contributed by atoms with Crippen LogP contribution in [0.15, 0.2) is 46.4 Å². The summed E-state index contributed by atoms with van der Waals surface area (Å²) in [7, 11) is 1.57. The lowest BCUT2D eigenvalue weighted by atomic mass is 10.1. The number of carbonyl (C=O) groups is 1. The Morgan fingerprint density at radius 3 is 2.56 bits per heavy atom.